The van der Waals surface area contributed by atoms with E-state index in [-0.39, 0.29) is 6.04 Å². The van der Waals surface area contributed by atoms with Crippen molar-refractivity contribution in [3.63, 3.8) is 0 Å². The average molecular weight is 290 g/mol. The van der Waals surface area contributed by atoms with Crippen LogP contribution in [-0.2, 0) is 0 Å². The smallest absolute Gasteiger partial charge is 0.0450 e. The van der Waals surface area contributed by atoms with E-state index in [2.05, 4.69) is 70.7 Å². The number of nitrogens with zero attached hydrogens (tertiary/aromatic N) is 1. The van der Waals surface area contributed by atoms with Crippen LogP contribution in [0, 0.1) is 12.8 Å². The Morgan fingerprint density at radius 2 is 1.52 bits per heavy atom. The van der Waals surface area contributed by atoms with Crippen LogP contribution in [-0.4, -0.2) is 23.5 Å². The van der Waals surface area contributed by atoms with E-state index in [0.29, 0.717) is 18.0 Å². The molecule has 2 heteroatoms. The van der Waals surface area contributed by atoms with Gasteiger partial charge < -0.3 is 5.73 Å². The Bertz CT molecular complexity index is 393. The number of hydrogen-bond donors (Lipinski definition) is 1. The molecule has 0 aliphatic heterocycles. The predicted octanol–water partition coefficient (Wildman–Crippen LogP) is 4.53. The van der Waals surface area contributed by atoms with Gasteiger partial charge in [-0.05, 0) is 38.2 Å². The van der Waals surface area contributed by atoms with Gasteiger partial charge >= 0.3 is 0 Å². The van der Waals surface area contributed by atoms with Gasteiger partial charge in [0.15, 0.2) is 0 Å². The SMILES string of the molecule is CCC(CC)N(CC(C)C)C(C)C(N)c1ccc(C)cc1. The van der Waals surface area contributed by atoms with Crippen molar-refractivity contribution in [3.05, 3.63) is 35.4 Å². The summed E-state index contributed by atoms with van der Waals surface area (Å²) in [6.07, 6.45) is 2.38. The summed E-state index contributed by atoms with van der Waals surface area (Å²) < 4.78 is 0. The van der Waals surface area contributed by atoms with E-state index in [4.69, 9.17) is 5.73 Å². The van der Waals surface area contributed by atoms with E-state index < -0.39 is 0 Å². The summed E-state index contributed by atoms with van der Waals surface area (Å²) in [6, 6.07) is 9.73. The highest BCUT2D eigenvalue weighted by atomic mass is 15.2. The van der Waals surface area contributed by atoms with Gasteiger partial charge in [0.1, 0.15) is 0 Å². The number of nitrogens with two attached hydrogens (primary N) is 1. The van der Waals surface area contributed by atoms with Crippen molar-refractivity contribution in [2.75, 3.05) is 6.54 Å². The molecule has 2 N–H and O–H groups in total. The third-order valence-corrected chi connectivity index (χ3v) is 4.49. The lowest BCUT2D eigenvalue weighted by atomic mass is 9.95. The first kappa shape index (κ1) is 18.2. The molecule has 2 atom stereocenters. The maximum Gasteiger partial charge on any atom is 0.0450 e. The van der Waals surface area contributed by atoms with Gasteiger partial charge in [0, 0.05) is 24.7 Å². The largest absolute Gasteiger partial charge is 0.323 e. The van der Waals surface area contributed by atoms with Gasteiger partial charge in [0.05, 0.1) is 0 Å². The molecule has 0 saturated carbocycles. The van der Waals surface area contributed by atoms with Crippen molar-refractivity contribution in [2.24, 2.45) is 11.7 Å². The maximum absolute atomic E-state index is 6.57. The summed E-state index contributed by atoms with van der Waals surface area (Å²) in [5.41, 5.74) is 9.10. The second-order valence-electron chi connectivity index (χ2n) is 6.74. The zero-order valence-electron chi connectivity index (χ0n) is 14.8. The highest BCUT2D eigenvalue weighted by molar-refractivity contribution is 5.24. The van der Waals surface area contributed by atoms with Gasteiger partial charge in [0.25, 0.3) is 0 Å². The molecule has 21 heavy (non-hydrogen) atoms. The number of aryl methyl sites for hydroxylation is 1. The van der Waals surface area contributed by atoms with E-state index in [9.17, 15) is 0 Å². The fraction of sp³-hybridized carbons (Fsp3) is 0.684. The molecule has 0 bridgehead atoms. The van der Waals surface area contributed by atoms with Crippen molar-refractivity contribution in [2.45, 2.75) is 72.5 Å². The lowest BCUT2D eigenvalue weighted by Gasteiger charge is -2.39. The van der Waals surface area contributed by atoms with Gasteiger partial charge in [-0.2, -0.15) is 0 Å². The molecular formula is C19H34N2. The normalized spacial score (nSPS) is 15.0. The molecule has 1 rings (SSSR count). The third kappa shape index (κ3) is 5.12. The van der Waals surface area contributed by atoms with Crippen LogP contribution in [0.3, 0.4) is 0 Å². The van der Waals surface area contributed by atoms with Crippen LogP contribution in [0.1, 0.15) is 64.6 Å². The molecule has 0 spiro atoms. The monoisotopic (exact) mass is 290 g/mol. The van der Waals surface area contributed by atoms with Crippen molar-refractivity contribution < 1.29 is 0 Å². The van der Waals surface area contributed by atoms with Crippen LogP contribution in [0.4, 0.5) is 0 Å². The first-order valence-electron chi connectivity index (χ1n) is 8.48. The molecule has 0 fully saturated rings. The minimum absolute atomic E-state index is 0.0740. The quantitative estimate of drug-likeness (QED) is 0.762. The second kappa shape index (κ2) is 8.55. The second-order valence-corrected chi connectivity index (χ2v) is 6.74. The summed E-state index contributed by atoms with van der Waals surface area (Å²) in [5, 5.41) is 0. The minimum Gasteiger partial charge on any atom is -0.323 e. The zero-order valence-corrected chi connectivity index (χ0v) is 14.8. The summed E-state index contributed by atoms with van der Waals surface area (Å²) in [5.74, 6) is 0.665. The molecule has 0 heterocycles. The van der Waals surface area contributed by atoms with E-state index in [1.165, 1.54) is 24.0 Å². The van der Waals surface area contributed by atoms with Gasteiger partial charge in [-0.25, -0.2) is 0 Å². The van der Waals surface area contributed by atoms with Crippen LogP contribution in [0.5, 0.6) is 0 Å². The van der Waals surface area contributed by atoms with E-state index >= 15 is 0 Å². The lowest BCUT2D eigenvalue weighted by Crippen LogP contribution is -2.48. The predicted molar refractivity (Wildman–Crippen MR) is 93.5 cm³/mol. The van der Waals surface area contributed by atoms with Gasteiger partial charge in [0.2, 0.25) is 0 Å². The van der Waals surface area contributed by atoms with Crippen molar-refractivity contribution in [1.82, 2.24) is 4.90 Å². The Morgan fingerprint density at radius 3 is 1.95 bits per heavy atom. The summed E-state index contributed by atoms with van der Waals surface area (Å²) >= 11 is 0. The van der Waals surface area contributed by atoms with Crippen molar-refractivity contribution in [1.29, 1.82) is 0 Å². The fourth-order valence-corrected chi connectivity index (χ4v) is 3.10. The molecule has 120 valence electrons. The molecule has 0 aliphatic carbocycles. The molecule has 2 unspecified atom stereocenters. The highest BCUT2D eigenvalue weighted by Gasteiger charge is 2.26. The molecule has 0 aliphatic rings. The Kier molecular flexibility index (Phi) is 7.41. The third-order valence-electron chi connectivity index (χ3n) is 4.49. The molecule has 1 aromatic carbocycles. The van der Waals surface area contributed by atoms with Gasteiger partial charge in [-0.3, -0.25) is 4.90 Å². The molecule has 0 amide bonds. The Morgan fingerprint density at radius 1 is 1.00 bits per heavy atom. The van der Waals surface area contributed by atoms with Crippen LogP contribution in [0.2, 0.25) is 0 Å². The van der Waals surface area contributed by atoms with Crippen LogP contribution < -0.4 is 5.73 Å². The van der Waals surface area contributed by atoms with Gasteiger partial charge in [-0.15, -0.1) is 0 Å². The Hall–Kier alpha value is -0.860. The maximum atomic E-state index is 6.57. The minimum atomic E-state index is 0.0740. The molecule has 2 nitrogen and oxygen atoms in total. The topological polar surface area (TPSA) is 29.3 Å². The van der Waals surface area contributed by atoms with E-state index in [1.54, 1.807) is 0 Å². The van der Waals surface area contributed by atoms with E-state index in [0.717, 1.165) is 6.54 Å². The Balaban J connectivity index is 2.92. The average Bonchev–Trinajstić information content (AvgIpc) is 2.46. The highest BCUT2D eigenvalue weighted by Crippen LogP contribution is 2.24. The van der Waals surface area contributed by atoms with Gasteiger partial charge in [-0.1, -0.05) is 57.5 Å². The van der Waals surface area contributed by atoms with Crippen LogP contribution >= 0.6 is 0 Å². The van der Waals surface area contributed by atoms with Crippen LogP contribution in [0.15, 0.2) is 24.3 Å². The van der Waals surface area contributed by atoms with Crippen LogP contribution in [0.25, 0.3) is 0 Å². The molecule has 0 aromatic heterocycles. The lowest BCUT2D eigenvalue weighted by molar-refractivity contribution is 0.102. The standard InChI is InChI=1S/C19H34N2/c1-7-18(8-2)21(13-14(3)4)16(6)19(20)17-11-9-15(5)10-12-17/h9-12,14,16,18-19H,7-8,13,20H2,1-6H3. The van der Waals surface area contributed by atoms with Crippen molar-refractivity contribution >= 4 is 0 Å². The van der Waals surface area contributed by atoms with Crippen molar-refractivity contribution in [3.8, 4) is 0 Å². The molecule has 0 radical (unpaired) electrons. The Labute approximate surface area is 131 Å². The summed E-state index contributed by atoms with van der Waals surface area (Å²) in [4.78, 5) is 2.62. The summed E-state index contributed by atoms with van der Waals surface area (Å²) in [6.45, 7) is 14.7. The first-order valence-corrected chi connectivity index (χ1v) is 8.48. The fourth-order valence-electron chi connectivity index (χ4n) is 3.10. The number of benzene rings is 1. The molecule has 1 aromatic rings. The first-order chi connectivity index (χ1) is 9.90. The molecule has 0 saturated heterocycles. The zero-order chi connectivity index (χ0) is 16.0. The number of hydrogen-bond acceptors (Lipinski definition) is 2. The summed E-state index contributed by atoms with van der Waals surface area (Å²) in [7, 11) is 0. The molecular weight excluding hydrogens is 256 g/mol. The van der Waals surface area contributed by atoms with E-state index in [1.807, 2.05) is 0 Å². The number of rotatable bonds is 8.